The predicted octanol–water partition coefficient (Wildman–Crippen LogP) is 1.95. The van der Waals surface area contributed by atoms with Crippen molar-refractivity contribution in [2.75, 3.05) is 0 Å². The third kappa shape index (κ3) is 3.35. The Kier molecular flexibility index (Phi) is 3.88. The molecule has 0 spiro atoms. The highest BCUT2D eigenvalue weighted by atomic mass is 32.1. The number of carbonyl (C=O) groups excluding carboxylic acids is 1. The summed E-state index contributed by atoms with van der Waals surface area (Å²) in [4.78, 5) is 11.9. The van der Waals surface area contributed by atoms with E-state index in [-0.39, 0.29) is 23.6 Å². The molecule has 0 unspecified atom stereocenters. The van der Waals surface area contributed by atoms with Gasteiger partial charge in [0.25, 0.3) is 0 Å². The largest absolute Gasteiger partial charge is 0.373 e. The van der Waals surface area contributed by atoms with Crippen molar-refractivity contribution in [2.45, 2.75) is 70.2 Å². The van der Waals surface area contributed by atoms with Crippen molar-refractivity contribution < 1.29 is 9.53 Å². The number of fused-ring (bicyclic) bond motifs is 2. The SMILES string of the molecule is CC(C)(C)c1nnc(CNC(=O)N[C@H]2C[C@H]3CC[C@H]2O3)s1. The number of ether oxygens (including phenoxy) is 1. The zero-order valence-electron chi connectivity index (χ0n) is 12.7. The number of carbonyl (C=O) groups is 1. The molecule has 7 heteroatoms. The van der Waals surface area contributed by atoms with E-state index >= 15 is 0 Å². The van der Waals surface area contributed by atoms with E-state index < -0.39 is 0 Å². The number of rotatable bonds is 3. The molecule has 2 aliphatic heterocycles. The van der Waals surface area contributed by atoms with E-state index in [0.717, 1.165) is 29.3 Å². The van der Waals surface area contributed by atoms with Crippen LogP contribution in [0, 0.1) is 0 Å². The monoisotopic (exact) mass is 310 g/mol. The van der Waals surface area contributed by atoms with Crippen molar-refractivity contribution >= 4 is 17.4 Å². The van der Waals surface area contributed by atoms with Gasteiger partial charge in [0.05, 0.1) is 24.8 Å². The first-order valence-corrected chi connectivity index (χ1v) is 8.26. The molecule has 0 radical (unpaired) electrons. The molecule has 3 rings (SSSR count). The van der Waals surface area contributed by atoms with E-state index in [1.807, 2.05) is 0 Å². The summed E-state index contributed by atoms with van der Waals surface area (Å²) in [5, 5.41) is 16.0. The molecular weight excluding hydrogens is 288 g/mol. The summed E-state index contributed by atoms with van der Waals surface area (Å²) in [6.45, 7) is 6.73. The first-order valence-electron chi connectivity index (χ1n) is 7.44. The van der Waals surface area contributed by atoms with Crippen molar-refractivity contribution in [3.05, 3.63) is 10.0 Å². The normalized spacial score (nSPS) is 27.9. The highest BCUT2D eigenvalue weighted by Crippen LogP contribution is 2.34. The van der Waals surface area contributed by atoms with Crippen molar-refractivity contribution in [3.8, 4) is 0 Å². The molecule has 0 aromatic carbocycles. The van der Waals surface area contributed by atoms with Crippen LogP contribution in [0.15, 0.2) is 0 Å². The van der Waals surface area contributed by atoms with E-state index in [9.17, 15) is 4.79 Å². The highest BCUT2D eigenvalue weighted by molar-refractivity contribution is 7.11. The topological polar surface area (TPSA) is 76.1 Å². The van der Waals surface area contributed by atoms with Crippen molar-refractivity contribution in [2.24, 2.45) is 0 Å². The predicted molar refractivity (Wildman–Crippen MR) is 80.3 cm³/mol. The van der Waals surface area contributed by atoms with Gasteiger partial charge in [-0.3, -0.25) is 0 Å². The molecule has 3 atom stereocenters. The fourth-order valence-electron chi connectivity index (χ4n) is 2.79. The zero-order valence-corrected chi connectivity index (χ0v) is 13.5. The summed E-state index contributed by atoms with van der Waals surface area (Å²) in [7, 11) is 0. The molecule has 2 bridgehead atoms. The smallest absolute Gasteiger partial charge is 0.315 e. The fourth-order valence-corrected chi connectivity index (χ4v) is 3.63. The molecule has 6 nitrogen and oxygen atoms in total. The molecule has 2 N–H and O–H groups in total. The summed E-state index contributed by atoms with van der Waals surface area (Å²) >= 11 is 1.55. The van der Waals surface area contributed by atoms with Crippen LogP contribution in [0.1, 0.15) is 50.0 Å². The van der Waals surface area contributed by atoms with Gasteiger partial charge in [0.1, 0.15) is 10.0 Å². The number of nitrogens with one attached hydrogen (secondary N) is 2. The van der Waals surface area contributed by atoms with Crippen LogP contribution in [-0.4, -0.2) is 34.5 Å². The Morgan fingerprint density at radius 2 is 2.19 bits per heavy atom. The van der Waals surface area contributed by atoms with Gasteiger partial charge in [-0.1, -0.05) is 32.1 Å². The van der Waals surface area contributed by atoms with Gasteiger partial charge in [-0.2, -0.15) is 0 Å². The lowest BCUT2D eigenvalue weighted by Crippen LogP contribution is -2.46. The Labute approximate surface area is 128 Å². The molecule has 21 heavy (non-hydrogen) atoms. The van der Waals surface area contributed by atoms with Gasteiger partial charge in [0.2, 0.25) is 0 Å². The minimum absolute atomic E-state index is 0.00139. The zero-order chi connectivity index (χ0) is 15.0. The fraction of sp³-hybridized carbons (Fsp3) is 0.786. The van der Waals surface area contributed by atoms with Gasteiger partial charge >= 0.3 is 6.03 Å². The average molecular weight is 310 g/mol. The maximum atomic E-state index is 11.9. The van der Waals surface area contributed by atoms with Gasteiger partial charge < -0.3 is 15.4 Å². The van der Waals surface area contributed by atoms with Crippen LogP contribution in [-0.2, 0) is 16.7 Å². The van der Waals surface area contributed by atoms with Gasteiger partial charge in [0.15, 0.2) is 0 Å². The second-order valence-electron chi connectivity index (χ2n) is 6.79. The lowest BCUT2D eigenvalue weighted by Gasteiger charge is -2.20. The molecule has 1 aromatic heterocycles. The number of amides is 2. The first-order chi connectivity index (χ1) is 9.91. The molecule has 2 saturated heterocycles. The minimum Gasteiger partial charge on any atom is -0.373 e. The van der Waals surface area contributed by atoms with Crippen LogP contribution in [0.5, 0.6) is 0 Å². The van der Waals surface area contributed by atoms with Crippen LogP contribution < -0.4 is 10.6 Å². The number of hydrogen-bond acceptors (Lipinski definition) is 5. The Bertz CT molecular complexity index is 525. The summed E-state index contributed by atoms with van der Waals surface area (Å²) in [5.74, 6) is 0. The molecule has 1 aromatic rings. The molecule has 2 fully saturated rings. The Morgan fingerprint density at radius 1 is 1.38 bits per heavy atom. The number of aromatic nitrogens is 2. The van der Waals surface area contributed by atoms with Crippen molar-refractivity contribution in [1.82, 2.24) is 20.8 Å². The third-order valence-electron chi connectivity index (χ3n) is 3.93. The van der Waals surface area contributed by atoms with Gasteiger partial charge in [0, 0.05) is 5.41 Å². The van der Waals surface area contributed by atoms with E-state index in [1.165, 1.54) is 0 Å². The molecule has 116 valence electrons. The number of urea groups is 1. The molecule has 0 saturated carbocycles. The van der Waals surface area contributed by atoms with Gasteiger partial charge in [-0.15, -0.1) is 10.2 Å². The van der Waals surface area contributed by atoms with Crippen LogP contribution in [0.4, 0.5) is 4.79 Å². The second-order valence-corrected chi connectivity index (χ2v) is 7.86. The average Bonchev–Trinajstić information content (AvgIpc) is 3.11. The van der Waals surface area contributed by atoms with E-state index in [4.69, 9.17) is 4.74 Å². The highest BCUT2D eigenvalue weighted by Gasteiger charge is 2.41. The quantitative estimate of drug-likeness (QED) is 0.895. The van der Waals surface area contributed by atoms with Crippen LogP contribution in [0.3, 0.4) is 0 Å². The Morgan fingerprint density at radius 3 is 2.76 bits per heavy atom. The summed E-state index contributed by atoms with van der Waals surface area (Å²) in [6, 6.07) is 0.00645. The van der Waals surface area contributed by atoms with Crippen molar-refractivity contribution in [3.63, 3.8) is 0 Å². The van der Waals surface area contributed by atoms with Gasteiger partial charge in [-0.05, 0) is 19.3 Å². The van der Waals surface area contributed by atoms with E-state index in [0.29, 0.717) is 12.6 Å². The lowest BCUT2D eigenvalue weighted by atomic mass is 9.96. The molecule has 2 aliphatic rings. The summed E-state index contributed by atoms with van der Waals surface area (Å²) in [6.07, 6.45) is 3.67. The summed E-state index contributed by atoms with van der Waals surface area (Å²) in [5.41, 5.74) is -0.00139. The first kappa shape index (κ1) is 14.7. The Balaban J connectivity index is 1.46. The molecular formula is C14H22N4O2S. The van der Waals surface area contributed by atoms with Crippen LogP contribution in [0.25, 0.3) is 0 Å². The maximum absolute atomic E-state index is 11.9. The third-order valence-corrected chi connectivity index (χ3v) is 5.28. The van der Waals surface area contributed by atoms with Crippen LogP contribution >= 0.6 is 11.3 Å². The molecule has 2 amide bonds. The minimum atomic E-state index is -0.149. The molecule has 0 aliphatic carbocycles. The van der Waals surface area contributed by atoms with E-state index in [2.05, 4.69) is 41.6 Å². The summed E-state index contributed by atoms with van der Waals surface area (Å²) < 4.78 is 5.73. The number of nitrogens with zero attached hydrogens (tertiary/aromatic N) is 2. The Hall–Kier alpha value is -1.21. The maximum Gasteiger partial charge on any atom is 0.315 e. The van der Waals surface area contributed by atoms with Gasteiger partial charge in [-0.25, -0.2) is 4.79 Å². The number of hydrogen-bond donors (Lipinski definition) is 2. The van der Waals surface area contributed by atoms with Crippen molar-refractivity contribution in [1.29, 1.82) is 0 Å². The standard InChI is InChI=1S/C14H22N4O2S/c1-14(2,3)12-18-17-11(21-12)7-15-13(19)16-9-6-8-4-5-10(9)20-8/h8-10H,4-7H2,1-3H3,(H2,15,16,19)/t8-,9+,10-/m1/s1. The van der Waals surface area contributed by atoms with Crippen LogP contribution in [0.2, 0.25) is 0 Å². The van der Waals surface area contributed by atoms with E-state index in [1.54, 1.807) is 11.3 Å². The second kappa shape index (κ2) is 5.53. The lowest BCUT2D eigenvalue weighted by molar-refractivity contribution is 0.0981. The molecule has 3 heterocycles.